The van der Waals surface area contributed by atoms with Gasteiger partial charge in [-0.2, -0.15) is 13.2 Å². The molecule has 0 aliphatic carbocycles. The Morgan fingerprint density at radius 1 is 0.857 bits per heavy atom. The molecule has 5 nitrogen and oxygen atoms in total. The van der Waals surface area contributed by atoms with E-state index in [1.165, 1.54) is 6.07 Å². The van der Waals surface area contributed by atoms with Crippen LogP contribution in [0, 0.1) is 0 Å². The summed E-state index contributed by atoms with van der Waals surface area (Å²) < 4.78 is 47.2. The molecule has 1 amide bonds. The third-order valence-electron chi connectivity index (χ3n) is 7.97. The van der Waals surface area contributed by atoms with Crippen molar-refractivity contribution < 1.29 is 22.7 Å². The van der Waals surface area contributed by atoms with E-state index in [1.54, 1.807) is 12.3 Å². The lowest BCUT2D eigenvalue weighted by Gasteiger charge is -2.29. The maximum atomic E-state index is 13.7. The average Bonchev–Trinajstić information content (AvgIpc) is 3.09. The number of ether oxygens (including phenoxy) is 1. The second-order valence-electron chi connectivity index (χ2n) is 11.5. The van der Waals surface area contributed by atoms with E-state index in [4.69, 9.17) is 16.3 Å². The van der Waals surface area contributed by atoms with Gasteiger partial charge in [0.1, 0.15) is 5.75 Å². The molecule has 0 saturated carbocycles. The summed E-state index contributed by atoms with van der Waals surface area (Å²) in [6.45, 7) is 2.08. The summed E-state index contributed by atoms with van der Waals surface area (Å²) in [6.07, 6.45) is -2.04. The quantitative estimate of drug-likeness (QED) is 0.110. The minimum Gasteiger partial charge on any atom is -0.494 e. The normalized spacial score (nSPS) is 11.3. The Kier molecular flexibility index (Phi) is 14.1. The minimum atomic E-state index is -4.54. The van der Waals surface area contributed by atoms with Gasteiger partial charge >= 0.3 is 6.18 Å². The van der Waals surface area contributed by atoms with Crippen molar-refractivity contribution in [3.63, 3.8) is 0 Å². The van der Waals surface area contributed by atoms with E-state index in [1.807, 2.05) is 78.9 Å². The molecule has 0 atom stereocenters. The van der Waals surface area contributed by atoms with Gasteiger partial charge in [-0.3, -0.25) is 14.7 Å². The molecule has 49 heavy (non-hydrogen) atoms. The summed E-state index contributed by atoms with van der Waals surface area (Å²) in [5.74, 6) is 0.510. The number of hydrogen-bond donors (Lipinski definition) is 1. The van der Waals surface area contributed by atoms with Crippen LogP contribution in [0.25, 0.3) is 0 Å². The molecular weight excluding hydrogens is 670 g/mol. The fourth-order valence-electron chi connectivity index (χ4n) is 5.59. The lowest BCUT2D eigenvalue weighted by molar-refractivity contribution is -0.137. The van der Waals surface area contributed by atoms with Crippen molar-refractivity contribution in [1.29, 1.82) is 0 Å². The van der Waals surface area contributed by atoms with Gasteiger partial charge in [-0.25, -0.2) is 0 Å². The molecule has 4 aromatic carbocycles. The highest BCUT2D eigenvalue weighted by Gasteiger charge is 2.34. The number of halogens is 5. The predicted molar refractivity (Wildman–Crippen MR) is 190 cm³/mol. The highest BCUT2D eigenvalue weighted by molar-refractivity contribution is 6.32. The highest BCUT2D eigenvalue weighted by Crippen LogP contribution is 2.37. The van der Waals surface area contributed by atoms with Crippen molar-refractivity contribution in [2.24, 2.45) is 0 Å². The van der Waals surface area contributed by atoms with Gasteiger partial charge in [0, 0.05) is 31.7 Å². The molecule has 0 saturated heterocycles. The number of rotatable bonds is 15. The van der Waals surface area contributed by atoms with Crippen molar-refractivity contribution in [2.75, 3.05) is 19.7 Å². The molecule has 1 aromatic heterocycles. The number of nitrogens with zero attached hydrogens (tertiary/aromatic N) is 2. The molecule has 256 valence electrons. The van der Waals surface area contributed by atoms with Crippen LogP contribution >= 0.6 is 24.0 Å². The average molecular weight is 709 g/mol. The van der Waals surface area contributed by atoms with Gasteiger partial charge < -0.3 is 10.1 Å². The molecule has 0 fully saturated rings. The number of alkyl halides is 3. The summed E-state index contributed by atoms with van der Waals surface area (Å²) in [7, 11) is 0. The Morgan fingerprint density at radius 2 is 1.53 bits per heavy atom. The Labute approximate surface area is 296 Å². The summed E-state index contributed by atoms with van der Waals surface area (Å²) in [6, 6.07) is 37.2. The molecule has 0 unspecified atom stereocenters. The maximum Gasteiger partial charge on any atom is 0.417 e. The Morgan fingerprint density at radius 3 is 2.18 bits per heavy atom. The van der Waals surface area contributed by atoms with E-state index in [-0.39, 0.29) is 42.2 Å². The van der Waals surface area contributed by atoms with Gasteiger partial charge in [-0.1, -0.05) is 103 Å². The predicted octanol–water partition coefficient (Wildman–Crippen LogP) is 9.14. The molecule has 0 aliphatic heterocycles. The van der Waals surface area contributed by atoms with Gasteiger partial charge in [0.15, 0.2) is 0 Å². The molecule has 5 aromatic rings. The summed E-state index contributed by atoms with van der Waals surface area (Å²) in [4.78, 5) is 18.9. The number of hydrogen-bond acceptors (Lipinski definition) is 4. The van der Waals surface area contributed by atoms with Crippen LogP contribution < -0.4 is 10.1 Å². The van der Waals surface area contributed by atoms with Crippen molar-refractivity contribution in [3.8, 4) is 5.75 Å². The van der Waals surface area contributed by atoms with Crippen molar-refractivity contribution in [3.05, 3.63) is 166 Å². The third-order valence-corrected chi connectivity index (χ3v) is 8.41. The second-order valence-corrected chi connectivity index (χ2v) is 11.9. The molecular formula is C39H38Cl2F3N3O2. The Hall–Kier alpha value is -4.37. The fourth-order valence-corrected chi connectivity index (χ4v) is 5.88. The Balaban J connectivity index is 0.00000541. The first-order valence-corrected chi connectivity index (χ1v) is 16.2. The molecule has 0 spiro atoms. The smallest absolute Gasteiger partial charge is 0.417 e. The third kappa shape index (κ3) is 11.3. The van der Waals surface area contributed by atoms with Gasteiger partial charge in [0.25, 0.3) is 0 Å². The van der Waals surface area contributed by atoms with Gasteiger partial charge in [-0.05, 0) is 59.0 Å². The zero-order valence-electron chi connectivity index (χ0n) is 26.8. The van der Waals surface area contributed by atoms with E-state index in [2.05, 4.69) is 39.5 Å². The maximum absolute atomic E-state index is 13.7. The fraction of sp³-hybridized carbons (Fsp3) is 0.231. The number of carbonyl (C=O) groups is 1. The molecule has 0 radical (unpaired) electrons. The van der Waals surface area contributed by atoms with Crippen LogP contribution in [0.4, 0.5) is 13.2 Å². The molecule has 1 N–H and O–H groups in total. The minimum absolute atomic E-state index is 0. The summed E-state index contributed by atoms with van der Waals surface area (Å²) in [5, 5.41) is 2.61. The molecule has 0 aliphatic rings. The standard InChI is InChI=1S/C39H37ClF3N3O2.ClH/c40-38-32(17-10-20-36(38)39(41,42)43)27-46(28-35(30-13-3-1-4-14-30)31-15-5-2-6-16-31)22-11-23-48-34-19-9-12-29(24-34)25-37(47)45-26-33-18-7-8-21-44-33;/h1-10,12-21,24,35H,11,22-23,25-28H2,(H,45,47);1H. The molecule has 5 rings (SSSR count). The van der Waals surface area contributed by atoms with Crippen LogP contribution in [0.15, 0.2) is 128 Å². The highest BCUT2D eigenvalue weighted by atomic mass is 35.5. The largest absolute Gasteiger partial charge is 0.494 e. The van der Waals surface area contributed by atoms with E-state index < -0.39 is 11.7 Å². The lowest BCUT2D eigenvalue weighted by atomic mass is 9.90. The van der Waals surface area contributed by atoms with Crippen molar-refractivity contribution in [1.82, 2.24) is 15.2 Å². The van der Waals surface area contributed by atoms with Crippen LogP contribution in [0.1, 0.15) is 45.8 Å². The SMILES string of the molecule is Cl.O=C(Cc1cccc(OCCCN(Cc2cccc(C(F)(F)F)c2Cl)CC(c2ccccc2)c2ccccc2)c1)NCc1ccccn1. The van der Waals surface area contributed by atoms with E-state index in [9.17, 15) is 18.0 Å². The van der Waals surface area contributed by atoms with Gasteiger partial charge in [-0.15, -0.1) is 12.4 Å². The summed E-state index contributed by atoms with van der Waals surface area (Å²) >= 11 is 6.35. The van der Waals surface area contributed by atoms with Crippen LogP contribution in [0.3, 0.4) is 0 Å². The lowest BCUT2D eigenvalue weighted by Crippen LogP contribution is -2.31. The van der Waals surface area contributed by atoms with Crippen LogP contribution in [-0.4, -0.2) is 35.5 Å². The number of pyridine rings is 1. The monoisotopic (exact) mass is 707 g/mol. The van der Waals surface area contributed by atoms with E-state index in [0.29, 0.717) is 44.0 Å². The molecule has 0 bridgehead atoms. The first-order chi connectivity index (χ1) is 23.3. The number of nitrogens with one attached hydrogen (secondary N) is 1. The van der Waals surface area contributed by atoms with Gasteiger partial charge in [0.2, 0.25) is 5.91 Å². The number of carbonyl (C=O) groups excluding carboxylic acids is 1. The number of aromatic nitrogens is 1. The van der Waals surface area contributed by atoms with Crippen LogP contribution in [-0.2, 0) is 30.5 Å². The number of benzene rings is 4. The number of amides is 1. The van der Waals surface area contributed by atoms with Crippen LogP contribution in [0.5, 0.6) is 5.75 Å². The zero-order chi connectivity index (χ0) is 33.8. The zero-order valence-corrected chi connectivity index (χ0v) is 28.4. The summed E-state index contributed by atoms with van der Waals surface area (Å²) in [5.41, 5.74) is 3.41. The molecule has 1 heterocycles. The van der Waals surface area contributed by atoms with E-state index in [0.717, 1.165) is 28.5 Å². The van der Waals surface area contributed by atoms with E-state index >= 15 is 0 Å². The van der Waals surface area contributed by atoms with Crippen molar-refractivity contribution >= 4 is 29.9 Å². The first-order valence-electron chi connectivity index (χ1n) is 15.8. The molecule has 10 heteroatoms. The second kappa shape index (κ2) is 18.4. The topological polar surface area (TPSA) is 54.5 Å². The van der Waals surface area contributed by atoms with Crippen molar-refractivity contribution in [2.45, 2.75) is 38.0 Å². The first kappa shape index (κ1) is 37.4. The van der Waals surface area contributed by atoms with Gasteiger partial charge in [0.05, 0.1) is 35.9 Å². The Bertz CT molecular complexity index is 1700. The van der Waals surface area contributed by atoms with Crippen LogP contribution in [0.2, 0.25) is 5.02 Å².